The van der Waals surface area contributed by atoms with E-state index in [1.54, 1.807) is 9.47 Å². The van der Waals surface area contributed by atoms with E-state index in [0.717, 1.165) is 12.8 Å². The topological polar surface area (TPSA) is 71.2 Å². The van der Waals surface area contributed by atoms with Gasteiger partial charge in [-0.15, -0.1) is 10.2 Å². The second kappa shape index (κ2) is 4.59. The van der Waals surface area contributed by atoms with E-state index in [0.29, 0.717) is 19.0 Å². The summed E-state index contributed by atoms with van der Waals surface area (Å²) in [5, 5.41) is 18.2. The summed E-state index contributed by atoms with van der Waals surface area (Å²) in [4.78, 5) is 14.0. The number of likely N-dealkylation sites (tertiary alicyclic amines) is 1. The Morgan fingerprint density at radius 1 is 1.42 bits per heavy atom. The summed E-state index contributed by atoms with van der Waals surface area (Å²) in [6, 6.07) is 0. The number of aromatic nitrogens is 3. The van der Waals surface area contributed by atoms with Crippen LogP contribution in [0.3, 0.4) is 0 Å². The van der Waals surface area contributed by atoms with Crippen LogP contribution in [0.15, 0.2) is 12.7 Å². The van der Waals surface area contributed by atoms with Crippen LogP contribution in [0, 0.1) is 11.8 Å². The van der Waals surface area contributed by atoms with E-state index >= 15 is 0 Å². The predicted molar refractivity (Wildman–Crippen MR) is 68.1 cm³/mol. The molecule has 0 bridgehead atoms. The third kappa shape index (κ3) is 2.14. The fourth-order valence-electron chi connectivity index (χ4n) is 3.20. The van der Waals surface area contributed by atoms with Crippen LogP contribution in [0.5, 0.6) is 0 Å². The Morgan fingerprint density at radius 2 is 2.11 bits per heavy atom. The third-order valence-corrected chi connectivity index (χ3v) is 4.74. The second-order valence-corrected chi connectivity index (χ2v) is 5.93. The number of hydrogen-bond acceptors (Lipinski definition) is 4. The van der Waals surface area contributed by atoms with Crippen LogP contribution in [0.25, 0.3) is 0 Å². The summed E-state index contributed by atoms with van der Waals surface area (Å²) in [6.07, 6.45) is 6.46. The van der Waals surface area contributed by atoms with Crippen molar-refractivity contribution in [1.82, 2.24) is 19.7 Å². The molecule has 1 aromatic rings. The van der Waals surface area contributed by atoms with Crippen molar-refractivity contribution >= 4 is 5.91 Å². The Bertz CT molecular complexity index is 457. The molecule has 19 heavy (non-hydrogen) atoms. The van der Waals surface area contributed by atoms with E-state index in [9.17, 15) is 9.90 Å². The molecule has 6 nitrogen and oxygen atoms in total. The number of carbonyl (C=O) groups is 1. The van der Waals surface area contributed by atoms with Gasteiger partial charge in [-0.05, 0) is 18.8 Å². The summed E-state index contributed by atoms with van der Waals surface area (Å²) in [5.41, 5.74) is -0.679. The first-order chi connectivity index (χ1) is 9.09. The first-order valence-corrected chi connectivity index (χ1v) is 6.92. The first-order valence-electron chi connectivity index (χ1n) is 6.92. The summed E-state index contributed by atoms with van der Waals surface area (Å²) < 4.78 is 1.66. The maximum absolute atomic E-state index is 12.2. The van der Waals surface area contributed by atoms with Gasteiger partial charge in [-0.3, -0.25) is 4.79 Å². The highest BCUT2D eigenvalue weighted by Crippen LogP contribution is 2.44. The van der Waals surface area contributed by atoms with Crippen molar-refractivity contribution in [2.45, 2.75) is 38.3 Å². The van der Waals surface area contributed by atoms with Crippen LogP contribution in [0.2, 0.25) is 0 Å². The Labute approximate surface area is 112 Å². The van der Waals surface area contributed by atoms with Gasteiger partial charge in [-0.2, -0.15) is 0 Å². The van der Waals surface area contributed by atoms with E-state index in [1.807, 2.05) is 6.92 Å². The highest BCUT2D eigenvalue weighted by Gasteiger charge is 2.50. The smallest absolute Gasteiger partial charge is 0.242 e. The minimum absolute atomic E-state index is 0.0295. The van der Waals surface area contributed by atoms with Gasteiger partial charge < -0.3 is 14.6 Å². The molecule has 1 aliphatic heterocycles. The van der Waals surface area contributed by atoms with Crippen LogP contribution in [-0.2, 0) is 11.3 Å². The van der Waals surface area contributed by atoms with Crippen LogP contribution < -0.4 is 0 Å². The molecule has 2 atom stereocenters. The molecule has 3 rings (SSSR count). The predicted octanol–water partition coefficient (Wildman–Crippen LogP) is 0.288. The monoisotopic (exact) mass is 264 g/mol. The van der Waals surface area contributed by atoms with Gasteiger partial charge in [0.05, 0.1) is 12.1 Å². The van der Waals surface area contributed by atoms with Crippen molar-refractivity contribution in [3.8, 4) is 0 Å². The number of carbonyl (C=O) groups excluding carboxylic acids is 1. The van der Waals surface area contributed by atoms with Gasteiger partial charge in [0.2, 0.25) is 5.91 Å². The average molecular weight is 264 g/mol. The largest absolute Gasteiger partial charge is 0.387 e. The number of hydrogen-bond donors (Lipinski definition) is 1. The van der Waals surface area contributed by atoms with E-state index in [4.69, 9.17) is 0 Å². The Morgan fingerprint density at radius 3 is 2.68 bits per heavy atom. The van der Waals surface area contributed by atoms with Crippen LogP contribution in [-0.4, -0.2) is 49.4 Å². The summed E-state index contributed by atoms with van der Waals surface area (Å²) in [7, 11) is 0. The number of nitrogens with zero attached hydrogens (tertiary/aromatic N) is 4. The molecular formula is C13H20N4O2. The number of amides is 1. The summed E-state index contributed by atoms with van der Waals surface area (Å²) in [5.74, 6) is 0.555. The number of aliphatic hydroxyl groups is 1. The van der Waals surface area contributed by atoms with Gasteiger partial charge in [0.1, 0.15) is 19.2 Å². The van der Waals surface area contributed by atoms with Gasteiger partial charge in [0.25, 0.3) is 0 Å². The quantitative estimate of drug-likeness (QED) is 0.851. The average Bonchev–Trinajstić information content (AvgIpc) is 2.86. The summed E-state index contributed by atoms with van der Waals surface area (Å²) in [6.45, 7) is 3.42. The highest BCUT2D eigenvalue weighted by molar-refractivity contribution is 5.76. The molecule has 104 valence electrons. The van der Waals surface area contributed by atoms with Gasteiger partial charge in [-0.25, -0.2) is 0 Å². The molecule has 0 radical (unpaired) electrons. The van der Waals surface area contributed by atoms with E-state index in [-0.39, 0.29) is 18.4 Å². The molecule has 2 heterocycles. The SMILES string of the molecule is C[C@@H]1CN(C(=O)Cn2cnnc2)C[C@@]1(O)C1CCC1. The molecule has 1 N–H and O–H groups in total. The second-order valence-electron chi connectivity index (χ2n) is 5.93. The fourth-order valence-corrected chi connectivity index (χ4v) is 3.20. The molecule has 1 amide bonds. The lowest BCUT2D eigenvalue weighted by molar-refractivity contribution is -0.132. The molecule has 1 aliphatic carbocycles. The molecule has 2 aliphatic rings. The van der Waals surface area contributed by atoms with Crippen molar-refractivity contribution in [2.24, 2.45) is 11.8 Å². The van der Waals surface area contributed by atoms with Crippen molar-refractivity contribution in [1.29, 1.82) is 0 Å². The van der Waals surface area contributed by atoms with Crippen LogP contribution in [0.1, 0.15) is 26.2 Å². The van der Waals surface area contributed by atoms with Crippen molar-refractivity contribution in [2.75, 3.05) is 13.1 Å². The summed E-state index contributed by atoms with van der Waals surface area (Å²) >= 11 is 0. The minimum atomic E-state index is -0.679. The van der Waals surface area contributed by atoms with Crippen molar-refractivity contribution < 1.29 is 9.90 Å². The maximum atomic E-state index is 12.2. The molecule has 0 aromatic carbocycles. The molecule has 1 saturated heterocycles. The van der Waals surface area contributed by atoms with Crippen LogP contribution >= 0.6 is 0 Å². The van der Waals surface area contributed by atoms with E-state index < -0.39 is 5.60 Å². The van der Waals surface area contributed by atoms with E-state index in [2.05, 4.69) is 10.2 Å². The van der Waals surface area contributed by atoms with Crippen molar-refractivity contribution in [3.63, 3.8) is 0 Å². The van der Waals surface area contributed by atoms with Gasteiger partial charge in [0, 0.05) is 12.5 Å². The first kappa shape index (κ1) is 12.6. The number of β-amino-alcohol motifs (C(OH)–C–C–N with tert-alkyl or cyclic N) is 1. The molecule has 1 aromatic heterocycles. The van der Waals surface area contributed by atoms with Gasteiger partial charge in [0.15, 0.2) is 0 Å². The Kier molecular flexibility index (Phi) is 3.05. The molecular weight excluding hydrogens is 244 g/mol. The molecule has 2 fully saturated rings. The highest BCUT2D eigenvalue weighted by atomic mass is 16.3. The molecule has 1 saturated carbocycles. The lowest BCUT2D eigenvalue weighted by atomic mass is 9.69. The number of rotatable bonds is 3. The Hall–Kier alpha value is -1.43. The molecule has 0 unspecified atom stereocenters. The maximum Gasteiger partial charge on any atom is 0.242 e. The van der Waals surface area contributed by atoms with E-state index in [1.165, 1.54) is 19.1 Å². The lowest BCUT2D eigenvalue weighted by Gasteiger charge is -2.41. The normalized spacial score (nSPS) is 31.5. The standard InChI is InChI=1S/C13H20N4O2/c1-10-5-17(7-13(10,19)11-3-2-4-11)12(18)6-16-8-14-15-9-16/h8-11,19H,2-7H2,1H3/t10-,13+/m1/s1. The zero-order chi connectivity index (χ0) is 13.5. The molecule has 6 heteroatoms. The lowest BCUT2D eigenvalue weighted by Crippen LogP contribution is -2.48. The Balaban J connectivity index is 1.65. The molecule has 0 spiro atoms. The van der Waals surface area contributed by atoms with Gasteiger partial charge >= 0.3 is 0 Å². The zero-order valence-electron chi connectivity index (χ0n) is 11.2. The van der Waals surface area contributed by atoms with Crippen LogP contribution in [0.4, 0.5) is 0 Å². The minimum Gasteiger partial charge on any atom is -0.387 e. The van der Waals surface area contributed by atoms with Gasteiger partial charge in [-0.1, -0.05) is 13.3 Å². The third-order valence-electron chi connectivity index (χ3n) is 4.74. The zero-order valence-corrected chi connectivity index (χ0v) is 11.2. The van der Waals surface area contributed by atoms with Crippen molar-refractivity contribution in [3.05, 3.63) is 12.7 Å². The fraction of sp³-hybridized carbons (Fsp3) is 0.769.